The van der Waals surface area contributed by atoms with Crippen LogP contribution in [-0.4, -0.2) is 83.2 Å². The number of anilines is 1. The summed E-state index contributed by atoms with van der Waals surface area (Å²) in [6, 6.07) is 11.5. The van der Waals surface area contributed by atoms with Crippen LogP contribution in [0.4, 0.5) is 10.1 Å². The molecule has 4 aromatic rings. The standard InChI is InChI=1S/C28H32FN7O4/c1-38-24-15-18-14-22(28(37)30-23(18)16-25(24)39-2)26(27-31-32-33-36(27)17-21-4-3-13-40-21)35-11-9-34(10-12-35)20-7-5-19(29)6-8-20/h5-8,14-16,21,26H,3-4,9-13,17H2,1-2H3,(H,30,37)/t21-,26-/m1/s1. The summed E-state index contributed by atoms with van der Waals surface area (Å²) in [5, 5.41) is 13.5. The summed E-state index contributed by atoms with van der Waals surface area (Å²) in [6.45, 7) is 3.95. The van der Waals surface area contributed by atoms with Crippen molar-refractivity contribution in [2.24, 2.45) is 0 Å². The smallest absolute Gasteiger partial charge is 0.253 e. The highest BCUT2D eigenvalue weighted by molar-refractivity contribution is 5.83. The molecule has 40 heavy (non-hydrogen) atoms. The topological polar surface area (TPSA) is 111 Å². The summed E-state index contributed by atoms with van der Waals surface area (Å²) in [5.74, 6) is 1.44. The molecular weight excluding hydrogens is 517 g/mol. The third kappa shape index (κ3) is 5.11. The van der Waals surface area contributed by atoms with Crippen molar-refractivity contribution in [3.8, 4) is 11.5 Å². The molecule has 1 N–H and O–H groups in total. The Morgan fingerprint density at radius 2 is 1.82 bits per heavy atom. The van der Waals surface area contributed by atoms with E-state index >= 15 is 0 Å². The molecule has 4 heterocycles. The van der Waals surface area contributed by atoms with E-state index in [1.165, 1.54) is 12.1 Å². The lowest BCUT2D eigenvalue weighted by atomic mass is 10.0. The minimum absolute atomic E-state index is 0.0323. The number of aromatic nitrogens is 5. The van der Waals surface area contributed by atoms with Gasteiger partial charge in [-0.05, 0) is 59.7 Å². The zero-order chi connectivity index (χ0) is 27.6. The van der Waals surface area contributed by atoms with Crippen LogP contribution in [0.1, 0.15) is 30.3 Å². The lowest BCUT2D eigenvalue weighted by Gasteiger charge is -2.39. The highest BCUT2D eigenvalue weighted by atomic mass is 19.1. The Morgan fingerprint density at radius 3 is 2.52 bits per heavy atom. The van der Waals surface area contributed by atoms with E-state index in [0.717, 1.165) is 30.5 Å². The van der Waals surface area contributed by atoms with Crippen molar-refractivity contribution in [2.75, 3.05) is 51.9 Å². The van der Waals surface area contributed by atoms with Crippen LogP contribution in [0, 0.1) is 5.82 Å². The zero-order valence-electron chi connectivity index (χ0n) is 22.5. The van der Waals surface area contributed by atoms with Crippen molar-refractivity contribution in [2.45, 2.75) is 31.5 Å². The molecule has 12 heteroatoms. The number of benzene rings is 2. The van der Waals surface area contributed by atoms with Crippen LogP contribution < -0.4 is 19.9 Å². The number of nitrogens with zero attached hydrogens (tertiary/aromatic N) is 6. The Hall–Kier alpha value is -4.03. The molecule has 0 radical (unpaired) electrons. The summed E-state index contributed by atoms with van der Waals surface area (Å²) >= 11 is 0. The van der Waals surface area contributed by atoms with E-state index in [2.05, 4.69) is 30.3 Å². The zero-order valence-corrected chi connectivity index (χ0v) is 22.5. The van der Waals surface area contributed by atoms with Crippen LogP contribution in [0.5, 0.6) is 11.5 Å². The number of H-pyrrole nitrogens is 1. The van der Waals surface area contributed by atoms with Crippen molar-refractivity contribution < 1.29 is 18.6 Å². The minimum atomic E-state index is -0.493. The molecule has 0 saturated carbocycles. The lowest BCUT2D eigenvalue weighted by molar-refractivity contribution is 0.0906. The molecule has 0 unspecified atom stereocenters. The van der Waals surface area contributed by atoms with E-state index in [1.54, 1.807) is 37.1 Å². The Labute approximate surface area is 230 Å². The van der Waals surface area contributed by atoms with Gasteiger partial charge in [0.05, 0.1) is 32.4 Å². The number of nitrogens with one attached hydrogen (secondary N) is 1. The Balaban J connectivity index is 1.38. The number of piperazine rings is 1. The normalized spacial score (nSPS) is 18.8. The average molecular weight is 550 g/mol. The number of hydrogen-bond donors (Lipinski definition) is 1. The fourth-order valence-corrected chi connectivity index (χ4v) is 5.66. The molecule has 2 aromatic carbocycles. The summed E-state index contributed by atoms with van der Waals surface area (Å²) in [7, 11) is 3.14. The molecule has 0 bridgehead atoms. The molecule has 6 rings (SSSR count). The summed E-state index contributed by atoms with van der Waals surface area (Å²) < 4.78 is 32.0. The molecular formula is C28H32FN7O4. The van der Waals surface area contributed by atoms with Gasteiger partial charge in [0.1, 0.15) is 11.9 Å². The van der Waals surface area contributed by atoms with Gasteiger partial charge in [-0.15, -0.1) is 5.10 Å². The molecule has 2 aromatic heterocycles. The van der Waals surface area contributed by atoms with Crippen LogP contribution in [-0.2, 0) is 11.3 Å². The second-order valence-corrected chi connectivity index (χ2v) is 10.1. The minimum Gasteiger partial charge on any atom is -0.493 e. The van der Waals surface area contributed by atoms with Gasteiger partial charge in [0, 0.05) is 55.5 Å². The van der Waals surface area contributed by atoms with Gasteiger partial charge in [-0.2, -0.15) is 0 Å². The van der Waals surface area contributed by atoms with Crippen LogP contribution in [0.3, 0.4) is 0 Å². The van der Waals surface area contributed by atoms with E-state index in [9.17, 15) is 9.18 Å². The molecule has 0 amide bonds. The highest BCUT2D eigenvalue weighted by Gasteiger charge is 2.33. The van der Waals surface area contributed by atoms with E-state index in [-0.39, 0.29) is 17.5 Å². The number of pyridine rings is 1. The van der Waals surface area contributed by atoms with Crippen molar-refractivity contribution >= 4 is 16.6 Å². The largest absolute Gasteiger partial charge is 0.493 e. The predicted octanol–water partition coefficient (Wildman–Crippen LogP) is 2.76. The summed E-state index contributed by atoms with van der Waals surface area (Å²) in [6.07, 6.45) is 1.98. The molecule has 2 aliphatic heterocycles. The average Bonchev–Trinajstić information content (AvgIpc) is 3.66. The third-order valence-corrected chi connectivity index (χ3v) is 7.75. The van der Waals surface area contributed by atoms with Crippen LogP contribution in [0.2, 0.25) is 0 Å². The number of ether oxygens (including phenoxy) is 3. The highest BCUT2D eigenvalue weighted by Crippen LogP contribution is 2.34. The first-order valence-corrected chi connectivity index (χ1v) is 13.4. The van der Waals surface area contributed by atoms with Crippen LogP contribution >= 0.6 is 0 Å². The molecule has 2 atom stereocenters. The summed E-state index contributed by atoms with van der Waals surface area (Å²) in [4.78, 5) is 21.1. The number of halogens is 1. The monoisotopic (exact) mass is 549 g/mol. The van der Waals surface area contributed by atoms with E-state index < -0.39 is 6.04 Å². The first kappa shape index (κ1) is 26.2. The number of rotatable bonds is 8. The predicted molar refractivity (Wildman–Crippen MR) is 146 cm³/mol. The van der Waals surface area contributed by atoms with Gasteiger partial charge < -0.3 is 24.1 Å². The molecule has 210 valence electrons. The van der Waals surface area contributed by atoms with Crippen LogP contribution in [0.15, 0.2) is 47.3 Å². The second kappa shape index (κ2) is 11.2. The van der Waals surface area contributed by atoms with Gasteiger partial charge >= 0.3 is 0 Å². The van der Waals surface area contributed by atoms with Gasteiger partial charge in [0.15, 0.2) is 17.3 Å². The molecule has 11 nitrogen and oxygen atoms in total. The fraction of sp³-hybridized carbons (Fsp3) is 0.429. The van der Waals surface area contributed by atoms with Gasteiger partial charge in [-0.3, -0.25) is 9.69 Å². The SMILES string of the molecule is COc1cc2cc([C@H](c3nnnn3C[C@H]3CCCO3)N3CCN(c4ccc(F)cc4)CC3)c(=O)[nH]c2cc1OC. The second-order valence-electron chi connectivity index (χ2n) is 10.1. The van der Waals surface area contributed by atoms with E-state index in [1.807, 2.05) is 12.1 Å². The molecule has 2 fully saturated rings. The van der Waals surface area contributed by atoms with Gasteiger partial charge in [-0.1, -0.05) is 0 Å². The Morgan fingerprint density at radius 1 is 1.07 bits per heavy atom. The first-order chi connectivity index (χ1) is 19.5. The van der Waals surface area contributed by atoms with Crippen molar-refractivity contribution in [1.82, 2.24) is 30.1 Å². The van der Waals surface area contributed by atoms with Gasteiger partial charge in [-0.25, -0.2) is 9.07 Å². The lowest BCUT2D eigenvalue weighted by Crippen LogP contribution is -2.49. The van der Waals surface area contributed by atoms with Crippen molar-refractivity contribution in [1.29, 1.82) is 0 Å². The number of aromatic amines is 1. The maximum atomic E-state index is 13.6. The van der Waals surface area contributed by atoms with E-state index in [0.29, 0.717) is 61.1 Å². The van der Waals surface area contributed by atoms with Gasteiger partial charge in [0.2, 0.25) is 0 Å². The number of fused-ring (bicyclic) bond motifs is 1. The number of tetrazole rings is 1. The van der Waals surface area contributed by atoms with Crippen molar-refractivity contribution in [3.63, 3.8) is 0 Å². The number of methoxy groups -OCH3 is 2. The number of hydrogen-bond acceptors (Lipinski definition) is 9. The van der Waals surface area contributed by atoms with Crippen LogP contribution in [0.25, 0.3) is 10.9 Å². The molecule has 2 saturated heterocycles. The van der Waals surface area contributed by atoms with Gasteiger partial charge in [0.25, 0.3) is 5.56 Å². The van der Waals surface area contributed by atoms with E-state index in [4.69, 9.17) is 14.2 Å². The quantitative estimate of drug-likeness (QED) is 0.355. The van der Waals surface area contributed by atoms with Crippen molar-refractivity contribution in [3.05, 3.63) is 70.0 Å². The Bertz CT molecular complexity index is 1530. The summed E-state index contributed by atoms with van der Waals surface area (Å²) in [5.41, 5.74) is 1.92. The molecule has 2 aliphatic rings. The maximum Gasteiger partial charge on any atom is 0.253 e. The third-order valence-electron chi connectivity index (χ3n) is 7.75. The first-order valence-electron chi connectivity index (χ1n) is 13.4. The maximum absolute atomic E-state index is 13.6. The molecule has 0 aliphatic carbocycles. The Kier molecular flexibility index (Phi) is 7.35. The molecule has 0 spiro atoms. The fourth-order valence-electron chi connectivity index (χ4n) is 5.66.